The molecule has 2 aromatic rings. The fourth-order valence-corrected chi connectivity index (χ4v) is 3.31. The maximum atomic E-state index is 11.0. The molecule has 0 heterocycles. The van der Waals surface area contributed by atoms with Gasteiger partial charge in [-0.15, -0.1) is 0 Å². The standard InChI is InChI=1S/C25H35NO.2ClH.Zr/c1-18(2)11-10-12-19(3)26-17-22-21(20-13-8-7-9-14-20)15-16-23(24(22)27)25(4,5)6;;;/h7-9,13-19,27H,10-12H2,1-6H3;2*1H;/q;;;+2/p-2. The van der Waals surface area contributed by atoms with Gasteiger partial charge in [-0.05, 0) is 41.4 Å². The van der Waals surface area contributed by atoms with E-state index in [4.69, 9.17) is 22.0 Å². The van der Waals surface area contributed by atoms with Crippen molar-refractivity contribution in [3.05, 3.63) is 53.6 Å². The molecule has 0 fully saturated rings. The van der Waals surface area contributed by atoms with Crippen molar-refractivity contribution >= 4 is 23.2 Å². The molecule has 1 N–H and O–H groups in total. The molecular formula is C25H35Cl2NOZr. The van der Waals surface area contributed by atoms with Gasteiger partial charge in [0.2, 0.25) is 0 Å². The van der Waals surface area contributed by atoms with Crippen LogP contribution in [0.5, 0.6) is 5.75 Å². The summed E-state index contributed by atoms with van der Waals surface area (Å²) in [6.07, 6.45) is 5.39. The third kappa shape index (κ3) is 9.25. The zero-order chi connectivity index (χ0) is 22.7. The van der Waals surface area contributed by atoms with Crippen LogP contribution in [0.3, 0.4) is 0 Å². The minimum atomic E-state index is -0.826. The molecule has 0 aromatic heterocycles. The molecule has 0 aliphatic heterocycles. The first-order chi connectivity index (χ1) is 14.1. The number of hydrogen-bond acceptors (Lipinski definition) is 2. The molecule has 0 radical (unpaired) electrons. The van der Waals surface area contributed by atoms with Crippen LogP contribution in [0.25, 0.3) is 11.1 Å². The Balaban J connectivity index is 0.00000141. The Kier molecular flexibility index (Phi) is 12.5. The van der Waals surface area contributed by atoms with Crippen LogP contribution in [0.15, 0.2) is 47.5 Å². The summed E-state index contributed by atoms with van der Waals surface area (Å²) in [6, 6.07) is 14.6. The summed E-state index contributed by atoms with van der Waals surface area (Å²) in [5.74, 6) is 1.08. The van der Waals surface area contributed by atoms with Gasteiger partial charge in [-0.25, -0.2) is 0 Å². The first-order valence-electron chi connectivity index (χ1n) is 10.5. The second-order valence-electron chi connectivity index (χ2n) is 9.06. The molecule has 2 aromatic carbocycles. The summed E-state index contributed by atoms with van der Waals surface area (Å²) in [5, 5.41) is 11.0. The molecule has 0 bridgehead atoms. The molecule has 1 unspecified atom stereocenters. The Bertz CT molecular complexity index is 786. The van der Waals surface area contributed by atoms with Crippen molar-refractivity contribution in [3.8, 4) is 16.9 Å². The molecule has 0 aliphatic carbocycles. The quantitative estimate of drug-likeness (QED) is 0.361. The molecule has 1 atom stereocenters. The van der Waals surface area contributed by atoms with Crippen molar-refractivity contribution in [2.24, 2.45) is 10.9 Å². The first-order valence-corrected chi connectivity index (χ1v) is 16.9. The van der Waals surface area contributed by atoms with E-state index in [1.807, 2.05) is 30.5 Å². The van der Waals surface area contributed by atoms with Crippen molar-refractivity contribution in [3.63, 3.8) is 0 Å². The first kappa shape index (κ1) is 27.4. The van der Waals surface area contributed by atoms with Crippen molar-refractivity contribution in [1.82, 2.24) is 0 Å². The SMILES string of the molecule is CC(C)CCCC(C)N=Cc1c(-c2ccccc2)ccc(C(C)(C)C)c1O.[Cl][Zr][Cl]. The van der Waals surface area contributed by atoms with Crippen LogP contribution in [0.1, 0.15) is 71.9 Å². The van der Waals surface area contributed by atoms with Crippen molar-refractivity contribution in [2.45, 2.75) is 72.3 Å². The average molecular weight is 528 g/mol. The summed E-state index contributed by atoms with van der Waals surface area (Å²) in [6.45, 7) is 13.1. The van der Waals surface area contributed by atoms with Gasteiger partial charge in [-0.2, -0.15) is 0 Å². The number of hydrogen-bond donors (Lipinski definition) is 1. The van der Waals surface area contributed by atoms with E-state index in [0.29, 0.717) is 5.75 Å². The zero-order valence-corrected chi connectivity index (χ0v) is 23.0. The number of rotatable bonds is 7. The van der Waals surface area contributed by atoms with Gasteiger partial charge in [0, 0.05) is 17.8 Å². The molecule has 0 amide bonds. The van der Waals surface area contributed by atoms with Gasteiger partial charge in [0.1, 0.15) is 5.75 Å². The van der Waals surface area contributed by atoms with Gasteiger partial charge >= 0.3 is 37.9 Å². The number of aromatic hydroxyl groups is 1. The van der Waals surface area contributed by atoms with Crippen LogP contribution < -0.4 is 0 Å². The second kappa shape index (κ2) is 13.7. The van der Waals surface area contributed by atoms with Crippen molar-refractivity contribution in [2.75, 3.05) is 0 Å². The van der Waals surface area contributed by atoms with Crippen LogP contribution in [0.2, 0.25) is 0 Å². The topological polar surface area (TPSA) is 32.6 Å². The Morgan fingerprint density at radius 3 is 2.13 bits per heavy atom. The van der Waals surface area contributed by atoms with Gasteiger partial charge in [0.05, 0.1) is 0 Å². The van der Waals surface area contributed by atoms with Crippen LogP contribution in [-0.2, 0) is 26.3 Å². The summed E-state index contributed by atoms with van der Waals surface area (Å²) >= 11 is -0.826. The predicted molar refractivity (Wildman–Crippen MR) is 130 cm³/mol. The van der Waals surface area contributed by atoms with Crippen LogP contribution in [0, 0.1) is 5.92 Å². The summed E-state index contributed by atoms with van der Waals surface area (Å²) in [7, 11) is 9.87. The number of halogens is 2. The van der Waals surface area contributed by atoms with Crippen LogP contribution in [0.4, 0.5) is 0 Å². The summed E-state index contributed by atoms with van der Waals surface area (Å²) < 4.78 is 0. The van der Waals surface area contributed by atoms with Crippen LogP contribution >= 0.6 is 17.0 Å². The minimum absolute atomic E-state index is 0.120. The maximum absolute atomic E-state index is 11.0. The average Bonchev–Trinajstić information content (AvgIpc) is 2.67. The van der Waals surface area contributed by atoms with E-state index in [1.54, 1.807) is 0 Å². The monoisotopic (exact) mass is 525 g/mol. The molecule has 2 rings (SSSR count). The molecule has 0 saturated carbocycles. The predicted octanol–water partition coefficient (Wildman–Crippen LogP) is 8.37. The van der Waals surface area contributed by atoms with Gasteiger partial charge in [0.25, 0.3) is 0 Å². The molecular weight excluding hydrogens is 492 g/mol. The zero-order valence-electron chi connectivity index (χ0n) is 19.0. The van der Waals surface area contributed by atoms with Gasteiger partial charge in [-0.3, -0.25) is 4.99 Å². The Morgan fingerprint density at radius 1 is 1.00 bits per heavy atom. The fourth-order valence-electron chi connectivity index (χ4n) is 3.31. The van der Waals surface area contributed by atoms with Crippen molar-refractivity contribution in [1.29, 1.82) is 0 Å². The number of phenolic OH excluding ortho intramolecular Hbond substituents is 1. The Hall–Kier alpha value is -0.627. The molecule has 5 heteroatoms. The van der Waals surface area contributed by atoms with E-state index >= 15 is 0 Å². The van der Waals surface area contributed by atoms with Gasteiger partial charge < -0.3 is 5.11 Å². The molecule has 30 heavy (non-hydrogen) atoms. The third-order valence-electron chi connectivity index (χ3n) is 4.97. The van der Waals surface area contributed by atoms with Gasteiger partial charge in [0.15, 0.2) is 0 Å². The van der Waals surface area contributed by atoms with Crippen molar-refractivity contribution < 1.29 is 26.0 Å². The van der Waals surface area contributed by atoms with Crippen LogP contribution in [-0.4, -0.2) is 17.4 Å². The normalized spacial score (nSPS) is 12.6. The number of phenols is 1. The van der Waals surface area contributed by atoms with E-state index in [2.05, 4.69) is 59.7 Å². The molecule has 0 aliphatic rings. The molecule has 164 valence electrons. The number of aliphatic imine (C=N–C) groups is 1. The Morgan fingerprint density at radius 2 is 1.60 bits per heavy atom. The second-order valence-corrected chi connectivity index (χ2v) is 12.8. The van der Waals surface area contributed by atoms with E-state index < -0.39 is 20.8 Å². The fraction of sp³-hybridized carbons (Fsp3) is 0.480. The van der Waals surface area contributed by atoms with E-state index in [1.165, 1.54) is 12.8 Å². The molecule has 2 nitrogen and oxygen atoms in total. The molecule has 0 spiro atoms. The molecule has 0 saturated heterocycles. The van der Waals surface area contributed by atoms with Gasteiger partial charge in [-0.1, -0.05) is 89.9 Å². The van der Waals surface area contributed by atoms with E-state index in [-0.39, 0.29) is 11.5 Å². The summed E-state index contributed by atoms with van der Waals surface area (Å²) in [4.78, 5) is 4.78. The van der Waals surface area contributed by atoms with E-state index in [0.717, 1.165) is 34.6 Å². The third-order valence-corrected chi connectivity index (χ3v) is 4.97. The summed E-state index contributed by atoms with van der Waals surface area (Å²) in [5.41, 5.74) is 3.78. The number of nitrogens with zero attached hydrogens (tertiary/aromatic N) is 1. The number of benzene rings is 2. The Labute approximate surface area is 201 Å². The van der Waals surface area contributed by atoms with E-state index in [9.17, 15) is 5.11 Å².